The van der Waals surface area contributed by atoms with E-state index in [4.69, 9.17) is 4.42 Å². The first-order chi connectivity index (χ1) is 6.15. The van der Waals surface area contributed by atoms with Crippen LogP contribution in [0.5, 0.6) is 0 Å². The van der Waals surface area contributed by atoms with Crippen LogP contribution in [0, 0.1) is 0 Å². The van der Waals surface area contributed by atoms with Gasteiger partial charge < -0.3 is 9.32 Å². The number of hydrogen-bond acceptors (Lipinski definition) is 2. The number of likely N-dealkylation sites (N-methyl/N-ethyl adjacent to an activating group) is 1. The Labute approximate surface area is 85.1 Å². The van der Waals surface area contributed by atoms with Crippen LogP contribution in [-0.2, 0) is 0 Å². The summed E-state index contributed by atoms with van der Waals surface area (Å²) in [5, 5.41) is 0. The molecule has 0 atom stereocenters. The van der Waals surface area contributed by atoms with Crippen LogP contribution in [0.4, 0.5) is 0 Å². The molecule has 0 saturated heterocycles. The van der Waals surface area contributed by atoms with E-state index in [2.05, 4.69) is 22.5 Å². The molecule has 0 aliphatic carbocycles. The van der Waals surface area contributed by atoms with Gasteiger partial charge >= 0.3 is 0 Å². The average Bonchev–Trinajstić information content (AvgIpc) is 2.51. The molecule has 0 spiro atoms. The average molecular weight is 244 g/mol. The standard InChI is InChI=1S/C9H10BrNO2/c1-3-6-11(2)9(12)7-4-5-8(10)13-7/h3-5H,1,6H2,2H3. The van der Waals surface area contributed by atoms with Crippen molar-refractivity contribution < 1.29 is 9.21 Å². The molecule has 0 bridgehead atoms. The summed E-state index contributed by atoms with van der Waals surface area (Å²) in [5.74, 6) is 0.182. The number of carbonyl (C=O) groups is 1. The molecule has 0 unspecified atom stereocenters. The molecular weight excluding hydrogens is 234 g/mol. The Morgan fingerprint density at radius 3 is 2.92 bits per heavy atom. The Morgan fingerprint density at radius 1 is 1.77 bits per heavy atom. The lowest BCUT2D eigenvalue weighted by Gasteiger charge is -2.12. The zero-order valence-electron chi connectivity index (χ0n) is 7.29. The van der Waals surface area contributed by atoms with Gasteiger partial charge in [0.1, 0.15) is 0 Å². The van der Waals surface area contributed by atoms with Crippen molar-refractivity contribution in [2.75, 3.05) is 13.6 Å². The number of hydrogen-bond donors (Lipinski definition) is 0. The van der Waals surface area contributed by atoms with E-state index in [0.717, 1.165) is 0 Å². The van der Waals surface area contributed by atoms with Crippen LogP contribution >= 0.6 is 15.9 Å². The summed E-state index contributed by atoms with van der Waals surface area (Å²) >= 11 is 3.13. The topological polar surface area (TPSA) is 33.5 Å². The van der Waals surface area contributed by atoms with Crippen molar-refractivity contribution in [2.24, 2.45) is 0 Å². The van der Waals surface area contributed by atoms with E-state index in [9.17, 15) is 4.79 Å². The number of nitrogens with zero attached hydrogens (tertiary/aromatic N) is 1. The van der Waals surface area contributed by atoms with Gasteiger partial charge in [0.2, 0.25) is 0 Å². The summed E-state index contributed by atoms with van der Waals surface area (Å²) < 4.78 is 5.66. The first-order valence-electron chi connectivity index (χ1n) is 3.77. The Morgan fingerprint density at radius 2 is 2.46 bits per heavy atom. The second-order valence-corrected chi connectivity index (χ2v) is 3.36. The maximum Gasteiger partial charge on any atom is 0.289 e. The minimum atomic E-state index is -0.148. The lowest BCUT2D eigenvalue weighted by Crippen LogP contribution is -2.26. The predicted molar refractivity (Wildman–Crippen MR) is 53.6 cm³/mol. The fourth-order valence-electron chi connectivity index (χ4n) is 0.894. The van der Waals surface area contributed by atoms with Gasteiger partial charge in [0, 0.05) is 13.6 Å². The first kappa shape index (κ1) is 10.1. The van der Waals surface area contributed by atoms with E-state index in [0.29, 0.717) is 17.0 Å². The molecule has 3 nitrogen and oxygen atoms in total. The van der Waals surface area contributed by atoms with Crippen molar-refractivity contribution in [3.63, 3.8) is 0 Å². The smallest absolute Gasteiger partial charge is 0.289 e. The molecule has 70 valence electrons. The van der Waals surface area contributed by atoms with Gasteiger partial charge in [0.05, 0.1) is 0 Å². The molecule has 1 aromatic rings. The van der Waals surface area contributed by atoms with Crippen molar-refractivity contribution in [1.82, 2.24) is 4.90 Å². The molecule has 1 heterocycles. The summed E-state index contributed by atoms with van der Waals surface area (Å²) in [7, 11) is 1.69. The number of carbonyl (C=O) groups excluding carboxylic acids is 1. The SMILES string of the molecule is C=CCN(C)C(=O)c1ccc(Br)o1. The molecule has 0 aliphatic heterocycles. The first-order valence-corrected chi connectivity index (χ1v) is 4.56. The Hall–Kier alpha value is -1.03. The molecular formula is C9H10BrNO2. The maximum absolute atomic E-state index is 11.5. The van der Waals surface area contributed by atoms with Gasteiger partial charge in [-0.2, -0.15) is 0 Å². The lowest BCUT2D eigenvalue weighted by atomic mass is 10.4. The molecule has 13 heavy (non-hydrogen) atoms. The van der Waals surface area contributed by atoms with Crippen LogP contribution < -0.4 is 0 Å². The van der Waals surface area contributed by atoms with Crippen LogP contribution in [0.3, 0.4) is 0 Å². The third kappa shape index (κ3) is 2.45. The van der Waals surface area contributed by atoms with Gasteiger partial charge in [-0.3, -0.25) is 4.79 Å². The van der Waals surface area contributed by atoms with Crippen LogP contribution in [-0.4, -0.2) is 24.4 Å². The number of furan rings is 1. The predicted octanol–water partition coefficient (Wildman–Crippen LogP) is 2.30. The quantitative estimate of drug-likeness (QED) is 0.764. The van der Waals surface area contributed by atoms with E-state index < -0.39 is 0 Å². The molecule has 0 saturated carbocycles. The van der Waals surface area contributed by atoms with Gasteiger partial charge in [-0.05, 0) is 28.1 Å². The lowest BCUT2D eigenvalue weighted by molar-refractivity contribution is 0.0777. The Balaban J connectivity index is 2.73. The number of halogens is 1. The minimum Gasteiger partial charge on any atom is -0.444 e. The van der Waals surface area contributed by atoms with Crippen LogP contribution in [0.25, 0.3) is 0 Å². The van der Waals surface area contributed by atoms with Crippen molar-refractivity contribution >= 4 is 21.8 Å². The molecule has 0 fully saturated rings. The second-order valence-electron chi connectivity index (χ2n) is 2.58. The van der Waals surface area contributed by atoms with Crippen molar-refractivity contribution in [3.8, 4) is 0 Å². The summed E-state index contributed by atoms with van der Waals surface area (Å²) in [4.78, 5) is 13.0. The maximum atomic E-state index is 11.5. The molecule has 0 N–H and O–H groups in total. The largest absolute Gasteiger partial charge is 0.444 e. The molecule has 0 aliphatic rings. The van der Waals surface area contributed by atoms with Gasteiger partial charge in [0.15, 0.2) is 10.4 Å². The van der Waals surface area contributed by atoms with Crippen molar-refractivity contribution in [2.45, 2.75) is 0 Å². The fraction of sp³-hybridized carbons (Fsp3) is 0.222. The van der Waals surface area contributed by atoms with E-state index in [1.54, 1.807) is 25.3 Å². The highest BCUT2D eigenvalue weighted by Gasteiger charge is 2.13. The zero-order chi connectivity index (χ0) is 9.84. The van der Waals surface area contributed by atoms with Gasteiger partial charge in [-0.25, -0.2) is 0 Å². The fourth-order valence-corrected chi connectivity index (χ4v) is 1.20. The third-order valence-electron chi connectivity index (χ3n) is 1.53. The zero-order valence-corrected chi connectivity index (χ0v) is 8.87. The summed E-state index contributed by atoms with van der Waals surface area (Å²) in [6.45, 7) is 4.06. The highest BCUT2D eigenvalue weighted by atomic mass is 79.9. The van der Waals surface area contributed by atoms with Gasteiger partial charge in [-0.15, -0.1) is 6.58 Å². The molecule has 0 radical (unpaired) electrons. The van der Waals surface area contributed by atoms with E-state index in [1.165, 1.54) is 4.90 Å². The van der Waals surface area contributed by atoms with Gasteiger partial charge in [-0.1, -0.05) is 6.08 Å². The van der Waals surface area contributed by atoms with Crippen LogP contribution in [0.1, 0.15) is 10.6 Å². The molecule has 1 rings (SSSR count). The van der Waals surface area contributed by atoms with E-state index in [-0.39, 0.29) is 5.91 Å². The van der Waals surface area contributed by atoms with Crippen LogP contribution in [0.2, 0.25) is 0 Å². The van der Waals surface area contributed by atoms with Crippen molar-refractivity contribution in [3.05, 3.63) is 35.2 Å². The van der Waals surface area contributed by atoms with Gasteiger partial charge in [0.25, 0.3) is 5.91 Å². The number of rotatable bonds is 3. The highest BCUT2D eigenvalue weighted by molar-refractivity contribution is 9.10. The second kappa shape index (κ2) is 4.28. The monoisotopic (exact) mass is 243 g/mol. The number of amides is 1. The summed E-state index contributed by atoms with van der Waals surface area (Å²) in [6.07, 6.45) is 1.66. The van der Waals surface area contributed by atoms with Crippen molar-refractivity contribution in [1.29, 1.82) is 0 Å². The normalized spacial score (nSPS) is 9.69. The molecule has 4 heteroatoms. The molecule has 1 aromatic heterocycles. The minimum absolute atomic E-state index is 0.148. The highest BCUT2D eigenvalue weighted by Crippen LogP contribution is 2.15. The van der Waals surface area contributed by atoms with E-state index >= 15 is 0 Å². The Kier molecular flexibility index (Phi) is 3.31. The van der Waals surface area contributed by atoms with E-state index in [1.807, 2.05) is 0 Å². The third-order valence-corrected chi connectivity index (χ3v) is 1.96. The summed E-state index contributed by atoms with van der Waals surface area (Å²) in [5.41, 5.74) is 0. The Bertz CT molecular complexity index is 319. The van der Waals surface area contributed by atoms with Crippen LogP contribution in [0.15, 0.2) is 33.9 Å². The summed E-state index contributed by atoms with van der Waals surface area (Å²) in [6, 6.07) is 3.32. The molecule has 0 aromatic carbocycles. The molecule has 1 amide bonds.